The van der Waals surface area contributed by atoms with Gasteiger partial charge in [-0.05, 0) is 58.7 Å². The van der Waals surface area contributed by atoms with Crippen molar-refractivity contribution in [3.05, 3.63) is 192 Å². The fourth-order valence-corrected chi connectivity index (χ4v) is 8.44. The molecule has 0 N–H and O–H groups in total. The minimum Gasteiger partial charge on any atom is -0.457 e. The molecule has 4 nitrogen and oxygen atoms in total. The summed E-state index contributed by atoms with van der Waals surface area (Å²) in [6, 6.07) is 59.2. The molecule has 0 atom stereocenters. The summed E-state index contributed by atoms with van der Waals surface area (Å²) in [5.41, 5.74) is 12.9. The third kappa shape index (κ3) is 3.96. The number of benzene rings is 7. The van der Waals surface area contributed by atoms with E-state index in [-0.39, 0.29) is 0 Å². The topological polar surface area (TPSA) is 48.2 Å². The Balaban J connectivity index is 1.20. The second kappa shape index (κ2) is 10.6. The summed E-state index contributed by atoms with van der Waals surface area (Å²) in [5, 5.41) is 2.04. The van der Waals surface area contributed by atoms with Crippen molar-refractivity contribution < 1.29 is 9.15 Å². The lowest BCUT2D eigenvalue weighted by Gasteiger charge is -2.39. The monoisotopic (exact) mass is 652 g/mol. The minimum atomic E-state index is -0.564. The van der Waals surface area contributed by atoms with Crippen molar-refractivity contribution in [2.45, 2.75) is 5.41 Å². The summed E-state index contributed by atoms with van der Waals surface area (Å²) in [6.07, 6.45) is 0. The third-order valence-electron chi connectivity index (χ3n) is 10.6. The van der Waals surface area contributed by atoms with Crippen LogP contribution >= 0.6 is 0 Å². The van der Waals surface area contributed by atoms with Gasteiger partial charge < -0.3 is 9.15 Å². The molecular weight excluding hydrogens is 625 g/mol. The fraction of sp³-hybridized carbons (Fsp3) is 0.0213. The summed E-state index contributed by atoms with van der Waals surface area (Å²) in [4.78, 5) is 10.4. The molecule has 0 bridgehead atoms. The van der Waals surface area contributed by atoms with Crippen LogP contribution in [0.5, 0.6) is 11.5 Å². The molecule has 7 aromatic carbocycles. The number of hydrogen-bond acceptors (Lipinski definition) is 4. The van der Waals surface area contributed by atoms with Crippen LogP contribution in [0, 0.1) is 0 Å². The first-order chi connectivity index (χ1) is 25.3. The summed E-state index contributed by atoms with van der Waals surface area (Å²) in [6.45, 7) is 0. The smallest absolute Gasteiger partial charge is 0.161 e. The third-order valence-corrected chi connectivity index (χ3v) is 10.6. The number of rotatable bonds is 3. The van der Waals surface area contributed by atoms with E-state index < -0.39 is 5.41 Å². The maximum Gasteiger partial charge on any atom is 0.161 e. The van der Waals surface area contributed by atoms with Gasteiger partial charge in [0.05, 0.1) is 16.8 Å². The van der Waals surface area contributed by atoms with Gasteiger partial charge in [-0.15, -0.1) is 0 Å². The van der Waals surface area contributed by atoms with Gasteiger partial charge >= 0.3 is 0 Å². The highest BCUT2D eigenvalue weighted by Gasteiger charge is 2.51. The molecular formula is C47H28N2O2. The number of ether oxygens (including phenoxy) is 1. The summed E-state index contributed by atoms with van der Waals surface area (Å²) in [5.74, 6) is 2.40. The molecule has 51 heavy (non-hydrogen) atoms. The molecule has 9 aromatic rings. The molecule has 0 saturated heterocycles. The molecule has 0 radical (unpaired) electrons. The Hall–Kier alpha value is -6.78. The number of aromatic nitrogens is 2. The molecule has 3 heterocycles. The van der Waals surface area contributed by atoms with Gasteiger partial charge in [-0.2, -0.15) is 0 Å². The lowest BCUT2D eigenvalue weighted by Crippen LogP contribution is -2.32. The van der Waals surface area contributed by atoms with Crippen molar-refractivity contribution in [1.29, 1.82) is 0 Å². The van der Waals surface area contributed by atoms with Crippen LogP contribution in [0.3, 0.4) is 0 Å². The van der Waals surface area contributed by atoms with E-state index in [1.807, 2.05) is 60.7 Å². The zero-order valence-electron chi connectivity index (χ0n) is 27.4. The second-order valence-corrected chi connectivity index (χ2v) is 13.3. The summed E-state index contributed by atoms with van der Waals surface area (Å²) in [7, 11) is 0. The normalized spacial score (nSPS) is 13.4. The number of para-hydroxylation sites is 2. The van der Waals surface area contributed by atoms with E-state index in [0.29, 0.717) is 5.82 Å². The highest BCUT2D eigenvalue weighted by molar-refractivity contribution is 6.14. The van der Waals surface area contributed by atoms with Gasteiger partial charge in [0, 0.05) is 38.6 Å². The van der Waals surface area contributed by atoms with Gasteiger partial charge in [0.2, 0.25) is 0 Å². The quantitative estimate of drug-likeness (QED) is 0.191. The van der Waals surface area contributed by atoms with Crippen LogP contribution in [0.1, 0.15) is 22.3 Å². The Morgan fingerprint density at radius 2 is 0.980 bits per heavy atom. The molecule has 4 heteroatoms. The van der Waals surface area contributed by atoms with E-state index in [4.69, 9.17) is 19.1 Å². The predicted octanol–water partition coefficient (Wildman–Crippen LogP) is 11.8. The molecule has 2 aromatic heterocycles. The lowest BCUT2D eigenvalue weighted by molar-refractivity contribution is 0.436. The first kappa shape index (κ1) is 28.1. The maximum atomic E-state index is 6.79. The predicted molar refractivity (Wildman–Crippen MR) is 203 cm³/mol. The Kier molecular flexibility index (Phi) is 5.84. The molecule has 238 valence electrons. The van der Waals surface area contributed by atoms with Crippen LogP contribution in [0.2, 0.25) is 0 Å². The SMILES string of the molecule is c1ccc(-c2cc(-c3ccccc3)nc(-c3cccc4oc5cc6c(cc5c34)-c3ccccc3C63c4ccccc4Oc4ccccc43)n2)cc1. The number of nitrogens with zero attached hydrogens (tertiary/aromatic N) is 2. The minimum absolute atomic E-state index is 0.564. The first-order valence-corrected chi connectivity index (χ1v) is 17.2. The lowest BCUT2D eigenvalue weighted by atomic mass is 9.66. The zero-order valence-corrected chi connectivity index (χ0v) is 27.4. The van der Waals surface area contributed by atoms with Crippen LogP contribution in [-0.2, 0) is 5.41 Å². The average molecular weight is 653 g/mol. The van der Waals surface area contributed by atoms with Crippen LogP contribution in [0.25, 0.3) is 67.0 Å². The molecule has 1 aliphatic carbocycles. The van der Waals surface area contributed by atoms with Crippen molar-refractivity contribution in [2.24, 2.45) is 0 Å². The highest BCUT2D eigenvalue weighted by atomic mass is 16.5. The van der Waals surface area contributed by atoms with Gasteiger partial charge in [-0.25, -0.2) is 9.97 Å². The summed E-state index contributed by atoms with van der Waals surface area (Å²) < 4.78 is 13.3. The number of hydrogen-bond donors (Lipinski definition) is 0. The summed E-state index contributed by atoms with van der Waals surface area (Å²) >= 11 is 0. The van der Waals surface area contributed by atoms with Gasteiger partial charge in [-0.3, -0.25) is 0 Å². The molecule has 11 rings (SSSR count). The average Bonchev–Trinajstić information content (AvgIpc) is 3.71. The maximum absolute atomic E-state index is 6.79. The van der Waals surface area contributed by atoms with E-state index in [1.165, 1.54) is 22.3 Å². The molecule has 0 unspecified atom stereocenters. The van der Waals surface area contributed by atoms with Crippen molar-refractivity contribution >= 4 is 21.9 Å². The molecule has 0 fully saturated rings. The van der Waals surface area contributed by atoms with E-state index in [0.717, 1.165) is 72.6 Å². The molecule has 2 aliphatic rings. The van der Waals surface area contributed by atoms with Gasteiger partial charge in [-0.1, -0.05) is 133 Å². The standard InChI is InChI=1S/C47H28N2O2/c1-3-14-29(15-4-1)39-28-40(30-16-5-2-6-17-30)49-46(48-39)32-19-13-25-43-45(32)34-26-33-31-18-7-8-20-35(31)47(38(33)27-44(34)51-43)36-21-9-11-23-41(36)50-42-24-12-10-22-37(42)47/h1-28H. The highest BCUT2D eigenvalue weighted by Crippen LogP contribution is 2.62. The van der Waals surface area contributed by atoms with E-state index in [1.54, 1.807) is 0 Å². The van der Waals surface area contributed by atoms with E-state index in [2.05, 4.69) is 109 Å². The van der Waals surface area contributed by atoms with E-state index in [9.17, 15) is 0 Å². The van der Waals surface area contributed by atoms with Gasteiger partial charge in [0.25, 0.3) is 0 Å². The van der Waals surface area contributed by atoms with E-state index >= 15 is 0 Å². The number of fused-ring (bicyclic) bond motifs is 12. The first-order valence-electron chi connectivity index (χ1n) is 17.2. The van der Waals surface area contributed by atoms with Gasteiger partial charge in [0.15, 0.2) is 5.82 Å². The Labute approximate surface area is 294 Å². The van der Waals surface area contributed by atoms with Crippen molar-refractivity contribution in [3.63, 3.8) is 0 Å². The van der Waals surface area contributed by atoms with Crippen LogP contribution < -0.4 is 4.74 Å². The Bertz CT molecular complexity index is 2730. The Morgan fingerprint density at radius 3 is 1.65 bits per heavy atom. The van der Waals surface area contributed by atoms with Crippen LogP contribution in [0.15, 0.2) is 174 Å². The molecule has 1 aliphatic heterocycles. The Morgan fingerprint density at radius 1 is 0.412 bits per heavy atom. The van der Waals surface area contributed by atoms with Crippen LogP contribution in [0.4, 0.5) is 0 Å². The van der Waals surface area contributed by atoms with Crippen molar-refractivity contribution in [3.8, 4) is 56.5 Å². The second-order valence-electron chi connectivity index (χ2n) is 13.3. The molecule has 0 amide bonds. The largest absolute Gasteiger partial charge is 0.457 e. The zero-order chi connectivity index (χ0) is 33.5. The van der Waals surface area contributed by atoms with Crippen LogP contribution in [-0.4, -0.2) is 9.97 Å². The molecule has 1 spiro atoms. The van der Waals surface area contributed by atoms with Crippen molar-refractivity contribution in [2.75, 3.05) is 0 Å². The van der Waals surface area contributed by atoms with Crippen molar-refractivity contribution in [1.82, 2.24) is 9.97 Å². The molecule has 0 saturated carbocycles. The fourth-order valence-electron chi connectivity index (χ4n) is 8.44. The van der Waals surface area contributed by atoms with Gasteiger partial charge in [0.1, 0.15) is 22.7 Å². The number of furan rings is 1.